The largest absolute Gasteiger partial charge is 0.329 e. The zero-order valence-electron chi connectivity index (χ0n) is 12.7. The summed E-state index contributed by atoms with van der Waals surface area (Å²) >= 11 is 0. The molecule has 0 bridgehead atoms. The molecule has 0 aromatic carbocycles. The Morgan fingerprint density at radius 2 is 1.63 bits per heavy atom. The molecule has 4 nitrogen and oxygen atoms in total. The van der Waals surface area contributed by atoms with Crippen LogP contribution in [0.4, 0.5) is 0 Å². The molecule has 19 heavy (non-hydrogen) atoms. The average Bonchev–Trinajstić information content (AvgIpc) is 2.52. The van der Waals surface area contributed by atoms with Crippen molar-refractivity contribution in [2.75, 3.05) is 12.3 Å². The van der Waals surface area contributed by atoms with Crippen molar-refractivity contribution < 1.29 is 8.42 Å². The number of nitrogens with one attached hydrogen (secondary N) is 1. The third-order valence-electron chi connectivity index (χ3n) is 3.94. The number of hydrogen-bond acceptors (Lipinski definition) is 3. The summed E-state index contributed by atoms with van der Waals surface area (Å²) in [7, 11) is -3.23. The molecule has 1 rings (SSSR count). The van der Waals surface area contributed by atoms with E-state index in [2.05, 4.69) is 25.5 Å². The second kappa shape index (κ2) is 6.55. The van der Waals surface area contributed by atoms with Crippen LogP contribution in [-0.4, -0.2) is 26.3 Å². The highest BCUT2D eigenvalue weighted by Gasteiger charge is 2.33. The van der Waals surface area contributed by atoms with Gasteiger partial charge in [-0.2, -0.15) is 0 Å². The van der Waals surface area contributed by atoms with E-state index in [4.69, 9.17) is 5.73 Å². The Labute approximate surface area is 118 Å². The van der Waals surface area contributed by atoms with E-state index >= 15 is 0 Å². The lowest BCUT2D eigenvalue weighted by Crippen LogP contribution is -2.54. The van der Waals surface area contributed by atoms with E-state index in [9.17, 15) is 8.42 Å². The van der Waals surface area contributed by atoms with Gasteiger partial charge in [-0.3, -0.25) is 0 Å². The Morgan fingerprint density at radius 3 is 2.05 bits per heavy atom. The molecule has 1 saturated carbocycles. The molecule has 0 radical (unpaired) electrons. The van der Waals surface area contributed by atoms with Crippen molar-refractivity contribution in [3.05, 3.63) is 0 Å². The normalized spacial score (nSPS) is 21.1. The molecule has 1 aliphatic rings. The van der Waals surface area contributed by atoms with E-state index in [1.807, 2.05) is 0 Å². The van der Waals surface area contributed by atoms with Crippen molar-refractivity contribution in [2.24, 2.45) is 11.1 Å². The summed E-state index contributed by atoms with van der Waals surface area (Å²) in [5, 5.41) is 0. The van der Waals surface area contributed by atoms with Crippen LogP contribution in [0.5, 0.6) is 0 Å². The molecular formula is C14H30N2O2S. The summed E-state index contributed by atoms with van der Waals surface area (Å²) < 4.78 is 27.4. The van der Waals surface area contributed by atoms with Crippen molar-refractivity contribution in [2.45, 2.75) is 71.3 Å². The van der Waals surface area contributed by atoms with Gasteiger partial charge in [0.25, 0.3) is 0 Å². The predicted molar refractivity (Wildman–Crippen MR) is 80.5 cm³/mol. The molecule has 5 heteroatoms. The molecule has 0 aromatic rings. The monoisotopic (exact) mass is 290 g/mol. The highest BCUT2D eigenvalue weighted by Crippen LogP contribution is 2.27. The van der Waals surface area contributed by atoms with Crippen LogP contribution in [0.15, 0.2) is 0 Å². The highest BCUT2D eigenvalue weighted by atomic mass is 32.2. The molecule has 3 N–H and O–H groups in total. The molecule has 0 amide bonds. The fourth-order valence-corrected chi connectivity index (χ4v) is 4.50. The van der Waals surface area contributed by atoms with Crippen LogP contribution in [-0.2, 0) is 10.0 Å². The fourth-order valence-electron chi connectivity index (χ4n) is 2.57. The molecule has 0 atom stereocenters. The summed E-state index contributed by atoms with van der Waals surface area (Å²) in [6, 6.07) is 0. The summed E-state index contributed by atoms with van der Waals surface area (Å²) in [6.45, 7) is 6.59. The maximum absolute atomic E-state index is 12.3. The Bertz CT molecular complexity index is 363. The number of rotatable bonds is 5. The molecule has 0 saturated heterocycles. The quantitative estimate of drug-likeness (QED) is 0.764. The number of hydrogen-bond donors (Lipinski definition) is 2. The first-order chi connectivity index (χ1) is 8.68. The summed E-state index contributed by atoms with van der Waals surface area (Å²) in [6.07, 6.45) is 6.92. The van der Waals surface area contributed by atoms with E-state index in [1.165, 1.54) is 12.8 Å². The van der Waals surface area contributed by atoms with E-state index in [0.29, 0.717) is 13.0 Å². The molecule has 0 aliphatic heterocycles. The van der Waals surface area contributed by atoms with Crippen LogP contribution < -0.4 is 10.5 Å². The van der Waals surface area contributed by atoms with E-state index in [1.54, 1.807) is 0 Å². The van der Waals surface area contributed by atoms with E-state index in [0.717, 1.165) is 25.7 Å². The molecule has 0 spiro atoms. The number of sulfonamides is 1. The lowest BCUT2D eigenvalue weighted by atomic mass is 9.92. The first-order valence-corrected chi connectivity index (χ1v) is 9.05. The van der Waals surface area contributed by atoms with Crippen LogP contribution in [0.1, 0.15) is 65.7 Å². The molecule has 0 heterocycles. The third-order valence-corrected chi connectivity index (χ3v) is 5.43. The van der Waals surface area contributed by atoms with E-state index in [-0.39, 0.29) is 11.2 Å². The maximum Gasteiger partial charge on any atom is 0.212 e. The van der Waals surface area contributed by atoms with Crippen molar-refractivity contribution in [1.82, 2.24) is 4.72 Å². The molecule has 1 fully saturated rings. The molecule has 0 aromatic heterocycles. The average molecular weight is 290 g/mol. The van der Waals surface area contributed by atoms with Gasteiger partial charge in [-0.15, -0.1) is 0 Å². The van der Waals surface area contributed by atoms with Gasteiger partial charge in [-0.25, -0.2) is 13.1 Å². The minimum atomic E-state index is -3.23. The highest BCUT2D eigenvalue weighted by molar-refractivity contribution is 7.89. The van der Waals surface area contributed by atoms with Gasteiger partial charge in [0.1, 0.15) is 0 Å². The minimum absolute atomic E-state index is 0.0358. The topological polar surface area (TPSA) is 72.2 Å². The lowest BCUT2D eigenvalue weighted by Gasteiger charge is -2.32. The Balaban J connectivity index is 2.67. The molecular weight excluding hydrogens is 260 g/mol. The van der Waals surface area contributed by atoms with Crippen molar-refractivity contribution >= 4 is 10.0 Å². The maximum atomic E-state index is 12.3. The van der Waals surface area contributed by atoms with Gasteiger partial charge in [-0.05, 0) is 24.7 Å². The van der Waals surface area contributed by atoms with E-state index < -0.39 is 15.6 Å². The van der Waals surface area contributed by atoms with Crippen molar-refractivity contribution in [1.29, 1.82) is 0 Å². The van der Waals surface area contributed by atoms with Gasteiger partial charge in [0, 0.05) is 12.1 Å². The zero-order chi connectivity index (χ0) is 14.6. The summed E-state index contributed by atoms with van der Waals surface area (Å²) in [5.74, 6) is 0.193. The third kappa shape index (κ3) is 6.23. The van der Waals surface area contributed by atoms with Crippen LogP contribution in [0.2, 0.25) is 0 Å². The van der Waals surface area contributed by atoms with Gasteiger partial charge < -0.3 is 5.73 Å². The van der Waals surface area contributed by atoms with Gasteiger partial charge in [0.15, 0.2) is 0 Å². The second-order valence-corrected chi connectivity index (χ2v) is 8.97. The van der Waals surface area contributed by atoms with Crippen LogP contribution in [0, 0.1) is 5.41 Å². The van der Waals surface area contributed by atoms with Crippen molar-refractivity contribution in [3.8, 4) is 0 Å². The Morgan fingerprint density at radius 1 is 1.11 bits per heavy atom. The SMILES string of the molecule is CC(C)(C)CCS(=O)(=O)NC1(CN)CCCCCC1. The summed E-state index contributed by atoms with van der Waals surface area (Å²) in [5.41, 5.74) is 5.51. The van der Waals surface area contributed by atoms with Crippen LogP contribution in [0.25, 0.3) is 0 Å². The Hall–Kier alpha value is -0.130. The van der Waals surface area contributed by atoms with Gasteiger partial charge in [0.2, 0.25) is 10.0 Å². The molecule has 0 unspecified atom stereocenters. The first kappa shape index (κ1) is 16.9. The predicted octanol–water partition coefficient (Wildman–Crippen LogP) is 2.39. The first-order valence-electron chi connectivity index (χ1n) is 7.40. The van der Waals surface area contributed by atoms with Crippen LogP contribution in [0.3, 0.4) is 0 Å². The smallest absolute Gasteiger partial charge is 0.212 e. The fraction of sp³-hybridized carbons (Fsp3) is 1.00. The Kier molecular flexibility index (Phi) is 5.83. The standard InChI is InChI=1S/C14H30N2O2S/c1-13(2,3)10-11-19(17,18)16-14(12-15)8-6-4-5-7-9-14/h16H,4-12,15H2,1-3H3. The molecule has 114 valence electrons. The van der Waals surface area contributed by atoms with Gasteiger partial charge >= 0.3 is 0 Å². The summed E-state index contributed by atoms with van der Waals surface area (Å²) in [4.78, 5) is 0. The van der Waals surface area contributed by atoms with Gasteiger partial charge in [-0.1, -0.05) is 46.5 Å². The van der Waals surface area contributed by atoms with Gasteiger partial charge in [0.05, 0.1) is 5.75 Å². The zero-order valence-corrected chi connectivity index (χ0v) is 13.5. The van der Waals surface area contributed by atoms with Crippen LogP contribution >= 0.6 is 0 Å². The molecule has 1 aliphatic carbocycles. The minimum Gasteiger partial charge on any atom is -0.329 e. The lowest BCUT2D eigenvalue weighted by molar-refractivity contribution is 0.339. The second-order valence-electron chi connectivity index (χ2n) is 7.13. The van der Waals surface area contributed by atoms with Crippen molar-refractivity contribution in [3.63, 3.8) is 0 Å². The number of nitrogens with two attached hydrogens (primary N) is 1.